The summed E-state index contributed by atoms with van der Waals surface area (Å²) >= 11 is 0. The second-order valence-corrected chi connectivity index (χ2v) is 3.26. The van der Waals surface area contributed by atoms with Crippen molar-refractivity contribution in [3.05, 3.63) is 23.7 Å². The molecule has 90 valence electrons. The number of amides is 1. The Kier molecular flexibility index (Phi) is 6.78. The molecule has 5 nitrogen and oxygen atoms in total. The molecule has 0 unspecified atom stereocenters. The van der Waals surface area contributed by atoms with Crippen LogP contribution in [-0.4, -0.2) is 44.2 Å². The van der Waals surface area contributed by atoms with Crippen LogP contribution in [0, 0.1) is 0 Å². The van der Waals surface area contributed by atoms with Gasteiger partial charge in [0.2, 0.25) is 0 Å². The summed E-state index contributed by atoms with van der Waals surface area (Å²) in [5.74, 6) is -0.259. The molecule has 4 N–H and O–H groups in total. The number of hydrogen-bond donors (Lipinski definition) is 2. The third-order valence-corrected chi connectivity index (χ3v) is 1.77. The third-order valence-electron chi connectivity index (χ3n) is 1.77. The number of carbonyl (C=O) groups excluding carboxylic acids is 1. The lowest BCUT2D eigenvalue weighted by Gasteiger charge is -2.09. The molecule has 0 aliphatic carbocycles. The lowest BCUT2D eigenvalue weighted by Crippen LogP contribution is -2.24. The smallest absolute Gasteiger partial charge is 0.256 e. The molecular weight excluding hydrogens is 211 g/mol. The molecule has 0 spiro atoms. The number of rotatable bonds is 5. The van der Waals surface area contributed by atoms with E-state index in [0.29, 0.717) is 11.9 Å². The molecular formula is C10H17FN4O. The predicted molar refractivity (Wildman–Crippen MR) is 62.6 cm³/mol. The number of aliphatic imine (C=N–C) groups is 1. The van der Waals surface area contributed by atoms with E-state index in [1.807, 2.05) is 0 Å². The highest BCUT2D eigenvalue weighted by Crippen LogP contribution is 1.96. The highest BCUT2D eigenvalue weighted by atomic mass is 19.1. The van der Waals surface area contributed by atoms with Crippen LogP contribution in [0.4, 0.5) is 4.39 Å². The van der Waals surface area contributed by atoms with Crippen molar-refractivity contribution in [1.82, 2.24) is 4.90 Å². The third kappa shape index (κ3) is 4.70. The summed E-state index contributed by atoms with van der Waals surface area (Å²) < 4.78 is 12.1. The lowest BCUT2D eigenvalue weighted by atomic mass is 10.2. The van der Waals surface area contributed by atoms with Gasteiger partial charge in [-0.25, -0.2) is 4.39 Å². The summed E-state index contributed by atoms with van der Waals surface area (Å²) in [6.45, 7) is 0.211. The molecule has 0 aliphatic heterocycles. The number of nitrogens with zero attached hydrogens (tertiary/aromatic N) is 2. The molecule has 0 saturated heterocycles. The van der Waals surface area contributed by atoms with Gasteiger partial charge in [-0.3, -0.25) is 9.79 Å². The van der Waals surface area contributed by atoms with Gasteiger partial charge in [-0.05, 0) is 5.57 Å². The molecule has 0 fully saturated rings. The van der Waals surface area contributed by atoms with Crippen molar-refractivity contribution in [2.75, 3.05) is 27.2 Å². The number of halogens is 1. The Bertz CT molecular complexity index is 321. The molecule has 0 radical (unpaired) electrons. The molecule has 0 aliphatic rings. The standard InChI is InChI=1S/C10H17FN4O/c1-15(2)10(16)9(5-13)7-14-6-8(3-11)4-12/h3,5,7H,4,6,12-13H2,1-2H3/b8-3+,9-5?,14-7?. The van der Waals surface area contributed by atoms with E-state index in [4.69, 9.17) is 11.5 Å². The Morgan fingerprint density at radius 3 is 2.50 bits per heavy atom. The number of carbonyl (C=O) groups is 1. The van der Waals surface area contributed by atoms with E-state index >= 15 is 0 Å². The van der Waals surface area contributed by atoms with Crippen molar-refractivity contribution in [2.24, 2.45) is 16.5 Å². The van der Waals surface area contributed by atoms with E-state index in [1.165, 1.54) is 11.1 Å². The summed E-state index contributed by atoms with van der Waals surface area (Å²) in [6.07, 6.45) is 2.88. The van der Waals surface area contributed by atoms with Crippen LogP contribution in [0.1, 0.15) is 0 Å². The van der Waals surface area contributed by atoms with Gasteiger partial charge in [0.15, 0.2) is 0 Å². The summed E-state index contributed by atoms with van der Waals surface area (Å²) in [4.78, 5) is 16.7. The lowest BCUT2D eigenvalue weighted by molar-refractivity contribution is -0.124. The molecule has 0 rings (SSSR count). The minimum Gasteiger partial charge on any atom is -0.404 e. The molecule has 0 heterocycles. The van der Waals surface area contributed by atoms with Gasteiger partial charge in [-0.15, -0.1) is 0 Å². The van der Waals surface area contributed by atoms with E-state index in [0.717, 1.165) is 6.20 Å². The molecule has 0 aromatic carbocycles. The van der Waals surface area contributed by atoms with Gasteiger partial charge in [0.25, 0.3) is 5.91 Å². The van der Waals surface area contributed by atoms with Gasteiger partial charge in [-0.2, -0.15) is 0 Å². The first-order valence-corrected chi connectivity index (χ1v) is 4.68. The van der Waals surface area contributed by atoms with Crippen molar-refractivity contribution < 1.29 is 9.18 Å². The minimum atomic E-state index is -0.259. The Morgan fingerprint density at radius 2 is 2.12 bits per heavy atom. The zero-order valence-corrected chi connectivity index (χ0v) is 9.48. The maximum absolute atomic E-state index is 12.1. The average Bonchev–Trinajstić information content (AvgIpc) is 2.28. The first-order valence-electron chi connectivity index (χ1n) is 4.68. The Labute approximate surface area is 94.3 Å². The van der Waals surface area contributed by atoms with Gasteiger partial charge in [0, 0.05) is 33.1 Å². The average molecular weight is 228 g/mol. The first kappa shape index (κ1) is 14.3. The zero-order valence-electron chi connectivity index (χ0n) is 9.48. The van der Waals surface area contributed by atoms with Crippen molar-refractivity contribution >= 4 is 12.1 Å². The summed E-state index contributed by atoms with van der Waals surface area (Å²) in [5, 5.41) is 0. The van der Waals surface area contributed by atoms with Crippen molar-refractivity contribution in [3.63, 3.8) is 0 Å². The fourth-order valence-electron chi connectivity index (χ4n) is 0.833. The fourth-order valence-corrected chi connectivity index (χ4v) is 0.833. The van der Waals surface area contributed by atoms with Crippen LogP contribution in [0.3, 0.4) is 0 Å². The minimum absolute atomic E-state index is 0.0944. The summed E-state index contributed by atoms with van der Waals surface area (Å²) in [7, 11) is 3.21. The van der Waals surface area contributed by atoms with Crippen LogP contribution in [0.2, 0.25) is 0 Å². The van der Waals surface area contributed by atoms with Crippen LogP contribution in [0.15, 0.2) is 28.7 Å². The van der Waals surface area contributed by atoms with E-state index in [2.05, 4.69) is 4.99 Å². The van der Waals surface area contributed by atoms with Gasteiger partial charge >= 0.3 is 0 Å². The van der Waals surface area contributed by atoms with Gasteiger partial charge in [-0.1, -0.05) is 0 Å². The van der Waals surface area contributed by atoms with Crippen LogP contribution in [0.25, 0.3) is 0 Å². The topological polar surface area (TPSA) is 84.7 Å². The van der Waals surface area contributed by atoms with E-state index in [-0.39, 0.29) is 24.6 Å². The molecule has 1 amide bonds. The molecule has 0 aromatic heterocycles. The molecule has 0 bridgehead atoms. The molecule has 0 atom stereocenters. The fraction of sp³-hybridized carbons (Fsp3) is 0.400. The Morgan fingerprint density at radius 1 is 1.50 bits per heavy atom. The van der Waals surface area contributed by atoms with Crippen LogP contribution >= 0.6 is 0 Å². The van der Waals surface area contributed by atoms with Gasteiger partial charge < -0.3 is 16.4 Å². The Hall–Kier alpha value is -1.69. The van der Waals surface area contributed by atoms with E-state index < -0.39 is 0 Å². The summed E-state index contributed by atoms with van der Waals surface area (Å²) in [5.41, 5.74) is 11.1. The maximum Gasteiger partial charge on any atom is 0.256 e. The van der Waals surface area contributed by atoms with Crippen molar-refractivity contribution in [3.8, 4) is 0 Å². The monoisotopic (exact) mass is 228 g/mol. The second kappa shape index (κ2) is 7.58. The zero-order chi connectivity index (χ0) is 12.6. The van der Waals surface area contributed by atoms with Crippen LogP contribution in [-0.2, 0) is 4.79 Å². The van der Waals surface area contributed by atoms with Gasteiger partial charge in [0.1, 0.15) is 0 Å². The van der Waals surface area contributed by atoms with Gasteiger partial charge in [0.05, 0.1) is 18.4 Å². The van der Waals surface area contributed by atoms with E-state index in [9.17, 15) is 9.18 Å². The van der Waals surface area contributed by atoms with E-state index in [1.54, 1.807) is 14.1 Å². The maximum atomic E-state index is 12.1. The normalized spacial score (nSPS) is 13.2. The second-order valence-electron chi connectivity index (χ2n) is 3.26. The quantitative estimate of drug-likeness (QED) is 0.505. The number of nitrogens with two attached hydrogens (primary N) is 2. The highest BCUT2D eigenvalue weighted by molar-refractivity contribution is 6.11. The SMILES string of the molecule is CN(C)C(=O)C(C=NC/C(=C/F)CN)=CN. The highest BCUT2D eigenvalue weighted by Gasteiger charge is 2.08. The number of likely N-dealkylation sites (N-methyl/N-ethyl adjacent to an activating group) is 1. The largest absolute Gasteiger partial charge is 0.404 e. The molecule has 6 heteroatoms. The van der Waals surface area contributed by atoms with Crippen LogP contribution < -0.4 is 11.5 Å². The van der Waals surface area contributed by atoms with Crippen molar-refractivity contribution in [2.45, 2.75) is 0 Å². The molecule has 0 aromatic rings. The number of hydrogen-bond acceptors (Lipinski definition) is 4. The summed E-state index contributed by atoms with van der Waals surface area (Å²) in [6, 6.07) is 0. The predicted octanol–water partition coefficient (Wildman–Crippen LogP) is -0.200. The van der Waals surface area contributed by atoms with Crippen LogP contribution in [0.5, 0.6) is 0 Å². The molecule has 0 saturated carbocycles. The molecule has 16 heavy (non-hydrogen) atoms. The Balaban J connectivity index is 4.47. The van der Waals surface area contributed by atoms with Crippen molar-refractivity contribution in [1.29, 1.82) is 0 Å². The first-order chi connectivity index (χ1) is 7.56.